The molecular formula is C16H20N3NaO5S3. The SMILES string of the molecule is CC(=O)N1CCN(C(=S)SCC2=C(C(=O)[O-])N3C(=O)[C@H]([C@@H](C)O)[C@H]3S2)CC1.[Na+]. The average Bonchev–Trinajstić information content (AvgIpc) is 2.93. The van der Waals surface area contributed by atoms with Gasteiger partial charge in [-0.2, -0.15) is 0 Å². The third-order valence-corrected chi connectivity index (χ3v) is 7.98. The maximum Gasteiger partial charge on any atom is 1.00 e. The van der Waals surface area contributed by atoms with Gasteiger partial charge in [-0.05, 0) is 6.92 Å². The Morgan fingerprint density at radius 3 is 2.39 bits per heavy atom. The minimum atomic E-state index is -1.39. The molecule has 2 fully saturated rings. The second kappa shape index (κ2) is 9.67. The summed E-state index contributed by atoms with van der Waals surface area (Å²) in [6, 6.07) is 0. The van der Waals surface area contributed by atoms with Gasteiger partial charge >= 0.3 is 29.6 Å². The number of carboxylic acid groups (broad SMARTS) is 1. The Balaban J connectivity index is 0.00000280. The fourth-order valence-corrected chi connectivity index (χ4v) is 6.32. The van der Waals surface area contributed by atoms with E-state index < -0.39 is 23.4 Å². The van der Waals surface area contributed by atoms with Crippen LogP contribution in [0.15, 0.2) is 10.6 Å². The van der Waals surface area contributed by atoms with E-state index in [4.69, 9.17) is 12.2 Å². The van der Waals surface area contributed by atoms with Crippen molar-refractivity contribution in [3.8, 4) is 0 Å². The molecule has 0 unspecified atom stereocenters. The van der Waals surface area contributed by atoms with Crippen LogP contribution in [-0.2, 0) is 14.4 Å². The molecule has 0 radical (unpaired) electrons. The Labute approximate surface area is 199 Å². The molecular weight excluding hydrogens is 433 g/mol. The minimum Gasteiger partial charge on any atom is -0.543 e. The molecule has 0 saturated carbocycles. The summed E-state index contributed by atoms with van der Waals surface area (Å²) in [6.45, 7) is 5.57. The first-order valence-electron chi connectivity index (χ1n) is 8.52. The van der Waals surface area contributed by atoms with Gasteiger partial charge in [-0.15, -0.1) is 11.8 Å². The van der Waals surface area contributed by atoms with Crippen LogP contribution in [0.4, 0.5) is 0 Å². The van der Waals surface area contributed by atoms with Gasteiger partial charge in [0, 0.05) is 43.8 Å². The molecule has 3 atom stereocenters. The summed E-state index contributed by atoms with van der Waals surface area (Å²) in [6.07, 6.45) is -0.833. The first kappa shape index (κ1) is 24.0. The molecule has 0 spiro atoms. The number of aliphatic carboxylic acids is 1. The van der Waals surface area contributed by atoms with Crippen molar-refractivity contribution in [2.45, 2.75) is 25.3 Å². The zero-order valence-corrected chi connectivity index (χ0v) is 20.4. The largest absolute Gasteiger partial charge is 1.00 e. The molecule has 3 aliphatic heterocycles. The summed E-state index contributed by atoms with van der Waals surface area (Å²) in [7, 11) is 0. The van der Waals surface area contributed by atoms with Crippen molar-refractivity contribution in [1.29, 1.82) is 0 Å². The summed E-state index contributed by atoms with van der Waals surface area (Å²) in [5, 5.41) is 20.9. The normalized spacial score (nSPS) is 25.1. The number of hydrogen-bond donors (Lipinski definition) is 1. The van der Waals surface area contributed by atoms with Crippen LogP contribution in [0, 0.1) is 5.92 Å². The van der Waals surface area contributed by atoms with Crippen LogP contribution in [0.3, 0.4) is 0 Å². The second-order valence-corrected chi connectivity index (χ2v) is 9.41. The van der Waals surface area contributed by atoms with Crippen molar-refractivity contribution in [3.05, 3.63) is 10.6 Å². The van der Waals surface area contributed by atoms with E-state index >= 15 is 0 Å². The van der Waals surface area contributed by atoms with Crippen LogP contribution in [0.5, 0.6) is 0 Å². The van der Waals surface area contributed by atoms with Crippen molar-refractivity contribution in [3.63, 3.8) is 0 Å². The number of aliphatic hydroxyl groups excluding tert-OH is 1. The Morgan fingerprint density at radius 2 is 1.89 bits per heavy atom. The molecule has 0 aliphatic carbocycles. The number of piperazine rings is 1. The number of nitrogens with zero attached hydrogens (tertiary/aromatic N) is 3. The van der Waals surface area contributed by atoms with Gasteiger partial charge in [0.2, 0.25) is 11.8 Å². The molecule has 3 aliphatic rings. The Bertz CT molecular complexity index is 724. The number of fused-ring (bicyclic) bond motifs is 1. The van der Waals surface area contributed by atoms with E-state index in [9.17, 15) is 24.6 Å². The van der Waals surface area contributed by atoms with Gasteiger partial charge in [-0.3, -0.25) is 14.5 Å². The zero-order chi connectivity index (χ0) is 19.9. The van der Waals surface area contributed by atoms with Crippen LogP contribution >= 0.6 is 35.7 Å². The molecule has 2 saturated heterocycles. The molecule has 0 bridgehead atoms. The molecule has 1 N–H and O–H groups in total. The van der Waals surface area contributed by atoms with Crippen molar-refractivity contribution >= 4 is 57.8 Å². The maximum atomic E-state index is 12.2. The van der Waals surface area contributed by atoms with Crippen molar-refractivity contribution in [2.24, 2.45) is 5.92 Å². The third kappa shape index (κ3) is 4.55. The molecule has 0 aromatic carbocycles. The number of thiocarbonyl (C=S) groups is 1. The molecule has 8 nitrogen and oxygen atoms in total. The van der Waals surface area contributed by atoms with Crippen LogP contribution < -0.4 is 34.7 Å². The van der Waals surface area contributed by atoms with E-state index in [0.29, 0.717) is 41.2 Å². The average molecular weight is 454 g/mol. The number of β-lactam (4-membered cyclic amide) rings is 1. The van der Waals surface area contributed by atoms with Gasteiger partial charge in [-0.25, -0.2) is 0 Å². The zero-order valence-electron chi connectivity index (χ0n) is 15.9. The number of aliphatic hydroxyl groups is 1. The summed E-state index contributed by atoms with van der Waals surface area (Å²) >= 11 is 8.07. The summed E-state index contributed by atoms with van der Waals surface area (Å²) < 4.78 is 0.636. The number of thioether (sulfide) groups is 2. The maximum absolute atomic E-state index is 12.2. The fourth-order valence-electron chi connectivity index (χ4n) is 3.37. The van der Waals surface area contributed by atoms with Crippen LogP contribution in [0.1, 0.15) is 13.8 Å². The van der Waals surface area contributed by atoms with E-state index in [1.807, 2.05) is 4.90 Å². The Morgan fingerprint density at radius 1 is 1.32 bits per heavy atom. The molecule has 3 rings (SSSR count). The van der Waals surface area contributed by atoms with E-state index in [1.54, 1.807) is 11.8 Å². The predicted octanol–water partition coefficient (Wildman–Crippen LogP) is -3.95. The van der Waals surface area contributed by atoms with Crippen LogP contribution in [-0.4, -0.2) is 85.3 Å². The quantitative estimate of drug-likeness (QED) is 0.259. The molecule has 0 aromatic rings. The van der Waals surface area contributed by atoms with Gasteiger partial charge in [0.25, 0.3) is 0 Å². The summed E-state index contributed by atoms with van der Waals surface area (Å²) in [5.74, 6) is -2.00. The molecule has 12 heteroatoms. The molecule has 3 heterocycles. The monoisotopic (exact) mass is 453 g/mol. The predicted molar refractivity (Wildman–Crippen MR) is 104 cm³/mol. The summed E-state index contributed by atoms with van der Waals surface area (Å²) in [4.78, 5) is 40.6. The minimum absolute atomic E-state index is 0. The molecule has 148 valence electrons. The Kier molecular flexibility index (Phi) is 8.28. The molecule has 0 aromatic heterocycles. The smallest absolute Gasteiger partial charge is 0.543 e. The molecule has 2 amide bonds. The second-order valence-electron chi connectivity index (χ2n) is 6.59. The number of hydrogen-bond acceptors (Lipinski definition) is 8. The van der Waals surface area contributed by atoms with Gasteiger partial charge in [0.05, 0.1) is 23.7 Å². The van der Waals surface area contributed by atoms with Gasteiger partial charge in [0.1, 0.15) is 9.69 Å². The van der Waals surface area contributed by atoms with E-state index in [0.717, 1.165) is 0 Å². The Hall–Kier alpha value is -0.300. The number of carboxylic acids is 1. The van der Waals surface area contributed by atoms with Crippen LogP contribution in [0.25, 0.3) is 0 Å². The van der Waals surface area contributed by atoms with E-state index in [2.05, 4.69) is 0 Å². The van der Waals surface area contributed by atoms with Gasteiger partial charge in [0.15, 0.2) is 0 Å². The van der Waals surface area contributed by atoms with Gasteiger partial charge < -0.3 is 24.8 Å². The van der Waals surface area contributed by atoms with E-state index in [1.165, 1.54) is 35.3 Å². The van der Waals surface area contributed by atoms with Gasteiger partial charge in [-0.1, -0.05) is 24.0 Å². The molecule has 28 heavy (non-hydrogen) atoms. The standard InChI is InChI=1S/C16H21N3O5S3.Na/c1-8(20)11-13(22)19-12(15(23)24)10(27-14(11)19)7-26-16(25)18-5-3-17(4-6-18)9(2)21;/h8,11,14,20H,3-7H2,1-2H3,(H,23,24);/q;+1/p-1/t8-,11+,14-;/m1./s1. The first-order chi connectivity index (χ1) is 12.7. The van der Waals surface area contributed by atoms with Crippen molar-refractivity contribution in [1.82, 2.24) is 14.7 Å². The summed E-state index contributed by atoms with van der Waals surface area (Å²) in [5.41, 5.74) is -0.108. The van der Waals surface area contributed by atoms with Crippen LogP contribution in [0.2, 0.25) is 0 Å². The third-order valence-electron chi connectivity index (χ3n) is 4.88. The topological polar surface area (TPSA) is 104 Å². The number of carbonyl (C=O) groups excluding carboxylic acids is 3. The number of carbonyl (C=O) groups is 3. The van der Waals surface area contributed by atoms with Crippen molar-refractivity contribution in [2.75, 3.05) is 31.9 Å². The van der Waals surface area contributed by atoms with E-state index in [-0.39, 0.29) is 47.1 Å². The number of amides is 2. The fraction of sp³-hybridized carbons (Fsp3) is 0.625. The number of rotatable bonds is 4. The van der Waals surface area contributed by atoms with Crippen molar-refractivity contribution < 1.29 is 54.2 Å². The first-order valence-corrected chi connectivity index (χ1v) is 10.8.